The fourth-order valence-corrected chi connectivity index (χ4v) is 5.87. The number of carbonyl (C=O) groups excluding carboxylic acids is 4. The molecule has 3 amide bonds. The maximum atomic E-state index is 13.3. The Morgan fingerprint density at radius 1 is 1.04 bits per heavy atom. The number of aldehydes is 1. The van der Waals surface area contributed by atoms with Crippen LogP contribution in [0.3, 0.4) is 0 Å². The van der Waals surface area contributed by atoms with Gasteiger partial charge in [-0.25, -0.2) is 19.6 Å². The van der Waals surface area contributed by atoms with Gasteiger partial charge in [-0.15, -0.1) is 0 Å². The number of benzene rings is 2. The van der Waals surface area contributed by atoms with Crippen molar-refractivity contribution in [1.82, 2.24) is 40.4 Å². The van der Waals surface area contributed by atoms with Crippen molar-refractivity contribution in [2.75, 3.05) is 47.4 Å². The van der Waals surface area contributed by atoms with Gasteiger partial charge >= 0.3 is 12.2 Å². The van der Waals surface area contributed by atoms with Gasteiger partial charge in [0.1, 0.15) is 23.8 Å². The van der Waals surface area contributed by atoms with Crippen molar-refractivity contribution < 1.29 is 28.7 Å². The van der Waals surface area contributed by atoms with E-state index in [1.807, 2.05) is 26.1 Å². The molecule has 14 heteroatoms. The van der Waals surface area contributed by atoms with Crippen LogP contribution >= 0.6 is 0 Å². The van der Waals surface area contributed by atoms with Crippen molar-refractivity contribution in [3.63, 3.8) is 0 Å². The molecule has 2 unspecified atom stereocenters. The van der Waals surface area contributed by atoms with Crippen molar-refractivity contribution in [3.8, 4) is 23.1 Å². The number of aromatic nitrogens is 4. The highest BCUT2D eigenvalue weighted by atomic mass is 16.5. The summed E-state index contributed by atoms with van der Waals surface area (Å²) in [7, 11) is 4.66. The van der Waals surface area contributed by atoms with Crippen molar-refractivity contribution in [3.05, 3.63) is 83.9 Å². The first kappa shape index (κ1) is 44.5. The number of nitrogens with zero attached hydrogens (tertiary/aromatic N) is 4. The highest BCUT2D eigenvalue weighted by Gasteiger charge is 2.37. The summed E-state index contributed by atoms with van der Waals surface area (Å²) in [6.07, 6.45) is 9.73. The molecule has 14 nitrogen and oxygen atoms in total. The van der Waals surface area contributed by atoms with Gasteiger partial charge in [-0.05, 0) is 67.6 Å². The number of hydrogen-bond acceptors (Lipinski definition) is 9. The SMILES string of the molecule is CC1=CCN(C)C1.CCC.COC(=O)NC(C(=O)N1CCCC1c1ncc(C#Cc2ccc3cc(-c4cnc[nH]4)ccc3c2)[nH]1)C(C)C.COC(=O)NCC=O. The first-order chi connectivity index (χ1) is 26.9. The van der Waals surface area contributed by atoms with Crippen LogP contribution in [0.5, 0.6) is 0 Å². The number of nitrogens with one attached hydrogen (secondary N) is 4. The molecule has 2 aromatic heterocycles. The number of alkyl carbamates (subject to hydrolysis) is 2. The van der Waals surface area contributed by atoms with Gasteiger partial charge in [-0.1, -0.05) is 69.9 Å². The minimum Gasteiger partial charge on any atom is -0.453 e. The van der Waals surface area contributed by atoms with Gasteiger partial charge in [-0.2, -0.15) is 0 Å². The first-order valence-corrected chi connectivity index (χ1v) is 18.8. The fourth-order valence-electron chi connectivity index (χ4n) is 5.87. The Morgan fingerprint density at radius 2 is 1.75 bits per heavy atom. The number of H-pyrrole nitrogens is 2. The van der Waals surface area contributed by atoms with E-state index < -0.39 is 18.2 Å². The summed E-state index contributed by atoms with van der Waals surface area (Å²) in [5.41, 5.74) is 5.14. The summed E-state index contributed by atoms with van der Waals surface area (Å²) in [6, 6.07) is 11.5. The number of methoxy groups -OCH3 is 2. The third-order valence-electron chi connectivity index (χ3n) is 8.62. The first-order valence-electron chi connectivity index (χ1n) is 18.8. The van der Waals surface area contributed by atoms with Crippen molar-refractivity contribution in [2.24, 2.45) is 5.92 Å². The molecule has 4 N–H and O–H groups in total. The molecule has 300 valence electrons. The molecule has 2 aliphatic heterocycles. The van der Waals surface area contributed by atoms with E-state index in [0.29, 0.717) is 24.3 Å². The van der Waals surface area contributed by atoms with E-state index in [1.165, 1.54) is 32.8 Å². The number of carbonyl (C=O) groups is 4. The fraction of sp³-hybridized carbons (Fsp3) is 0.429. The molecule has 4 aromatic rings. The van der Waals surface area contributed by atoms with E-state index in [-0.39, 0.29) is 24.4 Å². The Kier molecular flexibility index (Phi) is 18.3. The zero-order chi connectivity index (χ0) is 41.0. The minimum absolute atomic E-state index is 0.00662. The molecule has 0 bridgehead atoms. The summed E-state index contributed by atoms with van der Waals surface area (Å²) in [6.45, 7) is 13.1. The quantitative estimate of drug-likeness (QED) is 0.0965. The lowest BCUT2D eigenvalue weighted by molar-refractivity contribution is -0.135. The van der Waals surface area contributed by atoms with Gasteiger partial charge < -0.3 is 39.8 Å². The zero-order valence-electron chi connectivity index (χ0n) is 33.8. The van der Waals surface area contributed by atoms with Crippen LogP contribution in [0, 0.1) is 17.8 Å². The lowest BCUT2D eigenvalue weighted by Gasteiger charge is -2.29. The maximum absolute atomic E-state index is 13.3. The van der Waals surface area contributed by atoms with Crippen LogP contribution < -0.4 is 10.6 Å². The second kappa shape index (κ2) is 23.1. The number of likely N-dealkylation sites (N-methyl/N-ethyl adjacent to an activating group) is 1. The van der Waals surface area contributed by atoms with Crippen molar-refractivity contribution in [1.29, 1.82) is 0 Å². The lowest BCUT2D eigenvalue weighted by atomic mass is 10.0. The molecule has 2 aromatic carbocycles. The molecule has 56 heavy (non-hydrogen) atoms. The van der Waals surface area contributed by atoms with Gasteiger partial charge in [0, 0.05) is 30.8 Å². The highest BCUT2D eigenvalue weighted by molar-refractivity contribution is 5.88. The van der Waals surface area contributed by atoms with E-state index in [0.717, 1.165) is 47.0 Å². The zero-order valence-corrected chi connectivity index (χ0v) is 33.8. The van der Waals surface area contributed by atoms with Crippen LogP contribution in [0.1, 0.15) is 77.0 Å². The number of amides is 3. The van der Waals surface area contributed by atoms with Crippen LogP contribution in [0.4, 0.5) is 9.59 Å². The van der Waals surface area contributed by atoms with Crippen molar-refractivity contribution in [2.45, 2.75) is 66.0 Å². The van der Waals surface area contributed by atoms with E-state index in [4.69, 9.17) is 4.74 Å². The predicted octanol–water partition coefficient (Wildman–Crippen LogP) is 6.23. The van der Waals surface area contributed by atoms with Gasteiger partial charge in [0.15, 0.2) is 0 Å². The van der Waals surface area contributed by atoms with Crippen molar-refractivity contribution >= 4 is 35.2 Å². The Hall–Kier alpha value is -5.94. The topological polar surface area (TPSA) is 175 Å². The number of likely N-dealkylation sites (tertiary alicyclic amines) is 1. The number of imidazole rings is 2. The summed E-state index contributed by atoms with van der Waals surface area (Å²) in [4.78, 5) is 63.9. The second-order valence-corrected chi connectivity index (χ2v) is 13.7. The molecule has 0 spiro atoms. The predicted molar refractivity (Wildman–Crippen MR) is 218 cm³/mol. The molecular formula is C42H56N8O6. The largest absolute Gasteiger partial charge is 0.453 e. The third-order valence-corrected chi connectivity index (χ3v) is 8.62. The molecule has 4 heterocycles. The Labute approximate surface area is 329 Å². The second-order valence-electron chi connectivity index (χ2n) is 13.7. The Bertz CT molecular complexity index is 1960. The lowest BCUT2D eigenvalue weighted by Crippen LogP contribution is -2.51. The molecule has 1 saturated heterocycles. The normalized spacial score (nSPS) is 15.0. The standard InChI is InChI=1S/C29H30N6O3.C6H11N.C4H7NO3.C3H8/c1-18(2)26(34-29(37)38-3)28(36)35-12-4-5-25(35)27-31-15-23(33-27)11-7-19-6-8-21-14-22(10-9-20(21)13-19)24-16-30-17-32-24;1-6-3-4-7(2)5-6;1-8-4(7)5-2-3-6;1-3-2/h6,8-10,13-18,25-26H,4-5,12H2,1-3H3,(H,30,32)(H,31,33)(H,34,37);3H,4-5H2,1-2H3;3H,2H2,1H3,(H,5,7);3H2,1-2H3. The summed E-state index contributed by atoms with van der Waals surface area (Å²) in [5.74, 6) is 6.86. The van der Waals surface area contributed by atoms with Gasteiger partial charge in [0.25, 0.3) is 0 Å². The Balaban J connectivity index is 0.000000386. The summed E-state index contributed by atoms with van der Waals surface area (Å²) in [5, 5.41) is 7.05. The van der Waals surface area contributed by atoms with Crippen LogP contribution in [0.25, 0.3) is 22.0 Å². The van der Waals surface area contributed by atoms with Gasteiger partial charge in [0.2, 0.25) is 5.91 Å². The van der Waals surface area contributed by atoms with Gasteiger partial charge in [-0.3, -0.25) is 9.69 Å². The number of ether oxygens (including phenoxy) is 2. The van der Waals surface area contributed by atoms with E-state index >= 15 is 0 Å². The third kappa shape index (κ3) is 13.7. The van der Waals surface area contributed by atoms with E-state index in [2.05, 4.69) is 116 Å². The highest BCUT2D eigenvalue weighted by Crippen LogP contribution is 2.31. The molecule has 0 radical (unpaired) electrons. The monoisotopic (exact) mass is 768 g/mol. The number of hydrogen-bond donors (Lipinski definition) is 4. The molecule has 2 aliphatic rings. The Morgan fingerprint density at radius 3 is 2.34 bits per heavy atom. The maximum Gasteiger partial charge on any atom is 0.407 e. The average molecular weight is 769 g/mol. The van der Waals surface area contributed by atoms with Crippen LogP contribution in [-0.4, -0.2) is 108 Å². The summed E-state index contributed by atoms with van der Waals surface area (Å²) >= 11 is 0. The van der Waals surface area contributed by atoms with E-state index in [1.54, 1.807) is 17.4 Å². The average Bonchev–Trinajstić information content (AvgIpc) is 4.04. The van der Waals surface area contributed by atoms with Crippen LogP contribution in [0.15, 0.2) is 66.8 Å². The molecule has 0 saturated carbocycles. The minimum atomic E-state index is -0.666. The number of fused-ring (bicyclic) bond motifs is 1. The number of rotatable bonds is 7. The molecule has 1 fully saturated rings. The smallest absolute Gasteiger partial charge is 0.407 e. The molecule has 0 aliphatic carbocycles. The molecule has 6 rings (SSSR count). The van der Waals surface area contributed by atoms with E-state index in [9.17, 15) is 19.2 Å². The number of aromatic amines is 2. The molecule has 2 atom stereocenters. The van der Waals surface area contributed by atoms with Crippen LogP contribution in [0.2, 0.25) is 0 Å². The van der Waals surface area contributed by atoms with Crippen LogP contribution in [-0.2, 0) is 19.1 Å². The summed E-state index contributed by atoms with van der Waals surface area (Å²) < 4.78 is 8.85. The van der Waals surface area contributed by atoms with Gasteiger partial charge in [0.05, 0.1) is 51.2 Å². The molecular weight excluding hydrogens is 713 g/mol.